The Morgan fingerprint density at radius 3 is 2.78 bits per heavy atom. The molecule has 27 heavy (non-hydrogen) atoms. The van der Waals surface area contributed by atoms with Crippen molar-refractivity contribution in [1.82, 2.24) is 9.80 Å². The summed E-state index contributed by atoms with van der Waals surface area (Å²) in [7, 11) is 0. The maximum atomic E-state index is 12.3. The third-order valence-corrected chi connectivity index (χ3v) is 5.13. The SMILES string of the molecule is Cc1cc(/C=N/NC(=O)c2snc(-c3ccc(Cl)cc3Cl)c2N)ccc1O. The number of aromatic nitrogens is 1. The first kappa shape index (κ1) is 19.2. The summed E-state index contributed by atoms with van der Waals surface area (Å²) >= 11 is 13.0. The first-order valence-electron chi connectivity index (χ1n) is 7.70. The van der Waals surface area contributed by atoms with Gasteiger partial charge in [0, 0.05) is 10.6 Å². The lowest BCUT2D eigenvalue weighted by molar-refractivity contribution is 0.0960. The van der Waals surface area contributed by atoms with Crippen molar-refractivity contribution in [2.24, 2.45) is 5.10 Å². The molecule has 1 aromatic heterocycles. The molecule has 9 heteroatoms. The van der Waals surface area contributed by atoms with Crippen LogP contribution in [-0.4, -0.2) is 21.6 Å². The second-order valence-electron chi connectivity index (χ2n) is 5.64. The van der Waals surface area contributed by atoms with Crippen LogP contribution in [0.25, 0.3) is 11.3 Å². The largest absolute Gasteiger partial charge is 0.508 e. The summed E-state index contributed by atoms with van der Waals surface area (Å²) in [4.78, 5) is 12.6. The molecule has 0 aliphatic heterocycles. The Labute approximate surface area is 169 Å². The van der Waals surface area contributed by atoms with Crippen LogP contribution >= 0.6 is 34.7 Å². The molecule has 1 amide bonds. The Morgan fingerprint density at radius 1 is 1.30 bits per heavy atom. The van der Waals surface area contributed by atoms with Crippen LogP contribution in [0.3, 0.4) is 0 Å². The number of benzene rings is 2. The van der Waals surface area contributed by atoms with Crippen molar-refractivity contribution in [1.29, 1.82) is 0 Å². The maximum Gasteiger partial charge on any atom is 0.285 e. The number of nitrogens with one attached hydrogen (secondary N) is 1. The molecule has 3 aromatic rings. The van der Waals surface area contributed by atoms with Gasteiger partial charge >= 0.3 is 0 Å². The van der Waals surface area contributed by atoms with Crippen LogP contribution in [0.2, 0.25) is 10.0 Å². The standard InChI is InChI=1S/C18H14Cl2N4O2S/c1-9-6-10(2-5-14(9)25)8-22-23-18(26)17-15(21)16(24-27-17)12-4-3-11(19)7-13(12)20/h2-8,25H,21H2,1H3,(H,23,26)/b22-8+. The number of hydrogen-bond acceptors (Lipinski definition) is 6. The molecule has 4 N–H and O–H groups in total. The first-order valence-corrected chi connectivity index (χ1v) is 9.23. The molecule has 0 spiro atoms. The molecule has 0 bridgehead atoms. The van der Waals surface area contributed by atoms with Crippen LogP contribution < -0.4 is 11.2 Å². The number of rotatable bonds is 4. The number of phenols is 1. The van der Waals surface area contributed by atoms with E-state index in [1.54, 1.807) is 43.3 Å². The number of aryl methyl sites for hydroxylation is 1. The average molecular weight is 421 g/mol. The highest BCUT2D eigenvalue weighted by Gasteiger charge is 2.20. The average Bonchev–Trinajstić information content (AvgIpc) is 2.99. The second kappa shape index (κ2) is 7.96. The summed E-state index contributed by atoms with van der Waals surface area (Å²) in [5.74, 6) is -0.282. The molecule has 0 fully saturated rings. The molecule has 0 saturated heterocycles. The molecule has 0 atom stereocenters. The highest BCUT2D eigenvalue weighted by Crippen LogP contribution is 2.36. The fourth-order valence-electron chi connectivity index (χ4n) is 2.31. The van der Waals surface area contributed by atoms with Gasteiger partial charge in [0.1, 0.15) is 16.3 Å². The summed E-state index contributed by atoms with van der Waals surface area (Å²) < 4.78 is 4.23. The summed E-state index contributed by atoms with van der Waals surface area (Å²) in [5, 5.41) is 14.3. The summed E-state index contributed by atoms with van der Waals surface area (Å²) in [6.45, 7) is 1.77. The normalized spacial score (nSPS) is 11.1. The van der Waals surface area contributed by atoms with E-state index in [-0.39, 0.29) is 16.3 Å². The van der Waals surface area contributed by atoms with Crippen LogP contribution in [0.5, 0.6) is 5.75 Å². The second-order valence-corrected chi connectivity index (χ2v) is 7.26. The minimum absolute atomic E-state index is 0.196. The van der Waals surface area contributed by atoms with Crippen molar-refractivity contribution < 1.29 is 9.90 Å². The summed E-state index contributed by atoms with van der Waals surface area (Å²) in [6.07, 6.45) is 1.47. The molecule has 0 aliphatic rings. The zero-order valence-corrected chi connectivity index (χ0v) is 16.4. The van der Waals surface area contributed by atoms with Gasteiger partial charge < -0.3 is 10.8 Å². The van der Waals surface area contributed by atoms with Gasteiger partial charge in [-0.05, 0) is 66.0 Å². The molecular formula is C18H14Cl2N4O2S. The van der Waals surface area contributed by atoms with Gasteiger partial charge in [-0.25, -0.2) is 5.43 Å². The van der Waals surface area contributed by atoms with E-state index in [1.807, 2.05) is 0 Å². The van der Waals surface area contributed by atoms with Gasteiger partial charge in [0.25, 0.3) is 5.91 Å². The minimum Gasteiger partial charge on any atom is -0.508 e. The van der Waals surface area contributed by atoms with Crippen molar-refractivity contribution in [2.45, 2.75) is 6.92 Å². The molecule has 138 valence electrons. The van der Waals surface area contributed by atoms with Gasteiger partial charge in [0.15, 0.2) is 0 Å². The van der Waals surface area contributed by atoms with E-state index in [9.17, 15) is 9.90 Å². The Hall–Kier alpha value is -2.61. The van der Waals surface area contributed by atoms with Crippen LogP contribution in [0.1, 0.15) is 20.8 Å². The van der Waals surface area contributed by atoms with Crippen LogP contribution in [0.4, 0.5) is 5.69 Å². The highest BCUT2D eigenvalue weighted by atomic mass is 35.5. The number of nitrogen functional groups attached to an aromatic ring is 1. The van der Waals surface area contributed by atoms with Crippen LogP contribution in [0, 0.1) is 6.92 Å². The predicted octanol–water partition coefficient (Wildman–Crippen LogP) is 4.48. The van der Waals surface area contributed by atoms with Gasteiger partial charge in [0.05, 0.1) is 16.9 Å². The van der Waals surface area contributed by atoms with E-state index in [0.29, 0.717) is 26.9 Å². The molecule has 0 unspecified atom stereocenters. The molecule has 0 saturated carbocycles. The number of anilines is 1. The minimum atomic E-state index is -0.479. The monoisotopic (exact) mass is 420 g/mol. The third-order valence-electron chi connectivity index (χ3n) is 3.72. The zero-order valence-electron chi connectivity index (χ0n) is 14.0. The van der Waals surface area contributed by atoms with Gasteiger partial charge in [-0.1, -0.05) is 23.2 Å². The third kappa shape index (κ3) is 4.21. The number of aromatic hydroxyl groups is 1. The first-order chi connectivity index (χ1) is 12.9. The van der Waals surface area contributed by atoms with E-state index in [4.69, 9.17) is 28.9 Å². The van der Waals surface area contributed by atoms with Gasteiger partial charge in [-0.2, -0.15) is 9.47 Å². The number of nitrogens with two attached hydrogens (primary N) is 1. The molecule has 6 nitrogen and oxygen atoms in total. The van der Waals surface area contributed by atoms with Gasteiger partial charge in [-0.3, -0.25) is 4.79 Å². The smallest absolute Gasteiger partial charge is 0.285 e. The van der Waals surface area contributed by atoms with Crippen molar-refractivity contribution in [3.05, 3.63) is 62.4 Å². The number of carbonyl (C=O) groups is 1. The van der Waals surface area contributed by atoms with Gasteiger partial charge in [0.2, 0.25) is 0 Å². The van der Waals surface area contributed by atoms with Crippen molar-refractivity contribution in [3.63, 3.8) is 0 Å². The summed E-state index contributed by atoms with van der Waals surface area (Å²) in [6, 6.07) is 9.93. The number of carbonyl (C=O) groups excluding carboxylic acids is 1. The van der Waals surface area contributed by atoms with E-state index < -0.39 is 5.91 Å². The Morgan fingerprint density at radius 2 is 2.07 bits per heavy atom. The van der Waals surface area contributed by atoms with E-state index in [2.05, 4.69) is 14.9 Å². The molecule has 1 heterocycles. The predicted molar refractivity (Wildman–Crippen MR) is 110 cm³/mol. The fourth-order valence-corrected chi connectivity index (χ4v) is 3.51. The lowest BCUT2D eigenvalue weighted by Crippen LogP contribution is -2.17. The molecule has 0 radical (unpaired) electrons. The topological polar surface area (TPSA) is 101 Å². The van der Waals surface area contributed by atoms with E-state index in [1.165, 1.54) is 6.21 Å². The lowest BCUT2D eigenvalue weighted by atomic mass is 10.1. The number of nitrogens with zero attached hydrogens (tertiary/aromatic N) is 2. The van der Waals surface area contributed by atoms with Crippen molar-refractivity contribution >= 4 is 52.5 Å². The number of phenolic OH excluding ortho intramolecular Hbond substituents is 1. The number of amides is 1. The Balaban J connectivity index is 1.77. The van der Waals surface area contributed by atoms with Crippen LogP contribution in [-0.2, 0) is 0 Å². The van der Waals surface area contributed by atoms with E-state index >= 15 is 0 Å². The van der Waals surface area contributed by atoms with Crippen molar-refractivity contribution in [2.75, 3.05) is 5.73 Å². The maximum absolute atomic E-state index is 12.3. The van der Waals surface area contributed by atoms with Gasteiger partial charge in [-0.15, -0.1) is 0 Å². The number of hydrogen-bond donors (Lipinski definition) is 3. The fraction of sp³-hybridized carbons (Fsp3) is 0.0556. The summed E-state index contributed by atoms with van der Waals surface area (Å²) in [5.41, 5.74) is 11.2. The highest BCUT2D eigenvalue weighted by molar-refractivity contribution is 7.09. The molecule has 3 rings (SSSR count). The van der Waals surface area contributed by atoms with E-state index in [0.717, 1.165) is 17.1 Å². The molecule has 0 aliphatic carbocycles. The van der Waals surface area contributed by atoms with Crippen molar-refractivity contribution in [3.8, 4) is 17.0 Å². The quantitative estimate of drug-likeness (QED) is 0.427. The number of hydrazone groups is 1. The van der Waals surface area contributed by atoms with Crippen LogP contribution in [0.15, 0.2) is 41.5 Å². The number of halogens is 2. The Bertz CT molecular complexity index is 1050. The Kier molecular flexibility index (Phi) is 5.65. The molecule has 2 aromatic carbocycles. The lowest BCUT2D eigenvalue weighted by Gasteiger charge is -2.03. The zero-order chi connectivity index (χ0) is 19.6. The molecular weight excluding hydrogens is 407 g/mol.